The number of aryl methyl sites for hydroxylation is 2. The van der Waals surface area contributed by atoms with Crippen LogP contribution in [0.2, 0.25) is 0 Å². The van der Waals surface area contributed by atoms with Crippen molar-refractivity contribution < 1.29 is 23.8 Å². The second-order valence-corrected chi connectivity index (χ2v) is 7.31. The molecule has 0 saturated heterocycles. The number of amides is 1. The fraction of sp³-hybridized carbons (Fsp3) is 0.350. The Kier molecular flexibility index (Phi) is 6.64. The van der Waals surface area contributed by atoms with Gasteiger partial charge in [0, 0.05) is 29.1 Å². The molecule has 0 radical (unpaired) electrons. The summed E-state index contributed by atoms with van der Waals surface area (Å²) in [5, 5.41) is 7.76. The molecule has 31 heavy (non-hydrogen) atoms. The highest BCUT2D eigenvalue weighted by Crippen LogP contribution is 2.34. The van der Waals surface area contributed by atoms with Crippen molar-refractivity contribution in [2.45, 2.75) is 25.4 Å². The molecule has 0 aliphatic rings. The molecule has 2 aromatic heterocycles. The SMILES string of the molecule is COC(=O)c1cc(OC)c(OC)cc1NC(=O)Cc1c(C)nc2nc(SC)nn2c1C. The van der Waals surface area contributed by atoms with Crippen molar-refractivity contribution in [3.05, 3.63) is 34.6 Å². The van der Waals surface area contributed by atoms with Crippen LogP contribution in [0, 0.1) is 13.8 Å². The maximum Gasteiger partial charge on any atom is 0.340 e. The fourth-order valence-electron chi connectivity index (χ4n) is 3.15. The van der Waals surface area contributed by atoms with Gasteiger partial charge in [-0.15, -0.1) is 5.10 Å². The molecule has 0 saturated carbocycles. The van der Waals surface area contributed by atoms with Crippen LogP contribution in [-0.4, -0.2) is 59.0 Å². The third-order valence-electron chi connectivity index (χ3n) is 4.75. The molecule has 10 nitrogen and oxygen atoms in total. The van der Waals surface area contributed by atoms with Crippen LogP contribution in [0.5, 0.6) is 11.5 Å². The van der Waals surface area contributed by atoms with E-state index >= 15 is 0 Å². The first-order valence-corrected chi connectivity index (χ1v) is 10.5. The Bertz CT molecular complexity index is 1160. The fourth-order valence-corrected chi connectivity index (χ4v) is 3.48. The minimum absolute atomic E-state index is 0.0318. The highest BCUT2D eigenvalue weighted by Gasteiger charge is 2.21. The molecule has 1 amide bonds. The van der Waals surface area contributed by atoms with E-state index in [0.29, 0.717) is 28.1 Å². The van der Waals surface area contributed by atoms with Crippen LogP contribution in [0.4, 0.5) is 5.69 Å². The molecule has 0 spiro atoms. The van der Waals surface area contributed by atoms with E-state index < -0.39 is 5.97 Å². The standard InChI is InChI=1S/C20H23N5O5S/c1-10-12(11(2)25-19(21-10)23-20(24-25)31-6)8-17(26)22-14-9-16(29-4)15(28-3)7-13(14)18(27)30-5/h7,9H,8H2,1-6H3,(H,22,26). The molecular weight excluding hydrogens is 422 g/mol. The van der Waals surface area contributed by atoms with E-state index in [2.05, 4.69) is 20.4 Å². The average molecular weight is 446 g/mol. The van der Waals surface area contributed by atoms with E-state index in [9.17, 15) is 9.59 Å². The Morgan fingerprint density at radius 2 is 1.77 bits per heavy atom. The van der Waals surface area contributed by atoms with Crippen LogP contribution in [0.1, 0.15) is 27.3 Å². The van der Waals surface area contributed by atoms with Gasteiger partial charge < -0.3 is 19.5 Å². The van der Waals surface area contributed by atoms with Crippen molar-refractivity contribution in [3.8, 4) is 11.5 Å². The normalized spacial score (nSPS) is 10.8. The third kappa shape index (κ3) is 4.41. The molecule has 3 aromatic rings. The smallest absolute Gasteiger partial charge is 0.340 e. The summed E-state index contributed by atoms with van der Waals surface area (Å²) in [7, 11) is 4.19. The minimum Gasteiger partial charge on any atom is -0.493 e. The number of nitrogens with one attached hydrogen (secondary N) is 1. The van der Waals surface area contributed by atoms with Crippen LogP contribution < -0.4 is 14.8 Å². The molecule has 164 valence electrons. The summed E-state index contributed by atoms with van der Waals surface area (Å²) >= 11 is 1.42. The van der Waals surface area contributed by atoms with Crippen molar-refractivity contribution in [2.24, 2.45) is 0 Å². The lowest BCUT2D eigenvalue weighted by molar-refractivity contribution is -0.115. The summed E-state index contributed by atoms with van der Waals surface area (Å²) in [4.78, 5) is 33.9. The maximum atomic E-state index is 12.9. The van der Waals surface area contributed by atoms with Gasteiger partial charge in [0.05, 0.1) is 39.0 Å². The summed E-state index contributed by atoms with van der Waals surface area (Å²) in [6, 6.07) is 2.98. The molecular formula is C20H23N5O5S. The number of anilines is 1. The van der Waals surface area contributed by atoms with Gasteiger partial charge >= 0.3 is 5.97 Å². The van der Waals surface area contributed by atoms with Crippen LogP contribution in [-0.2, 0) is 16.0 Å². The summed E-state index contributed by atoms with van der Waals surface area (Å²) in [5.74, 6) is 0.247. The van der Waals surface area contributed by atoms with Gasteiger partial charge in [-0.25, -0.2) is 14.3 Å². The monoisotopic (exact) mass is 445 g/mol. The van der Waals surface area contributed by atoms with Crippen molar-refractivity contribution in [1.29, 1.82) is 0 Å². The van der Waals surface area contributed by atoms with Crippen LogP contribution >= 0.6 is 11.8 Å². The van der Waals surface area contributed by atoms with Gasteiger partial charge in [0.15, 0.2) is 11.5 Å². The van der Waals surface area contributed by atoms with Crippen molar-refractivity contribution in [1.82, 2.24) is 19.6 Å². The number of ether oxygens (including phenoxy) is 3. The van der Waals surface area contributed by atoms with Gasteiger partial charge in [0.25, 0.3) is 5.78 Å². The Morgan fingerprint density at radius 1 is 1.10 bits per heavy atom. The number of nitrogens with zero attached hydrogens (tertiary/aromatic N) is 4. The first kappa shape index (κ1) is 22.3. The number of methoxy groups -OCH3 is 3. The number of hydrogen-bond donors (Lipinski definition) is 1. The third-order valence-corrected chi connectivity index (χ3v) is 5.29. The maximum absolute atomic E-state index is 12.9. The second-order valence-electron chi connectivity index (χ2n) is 6.54. The van der Waals surface area contributed by atoms with Crippen molar-refractivity contribution in [2.75, 3.05) is 32.9 Å². The molecule has 0 aliphatic heterocycles. The molecule has 3 rings (SSSR count). The van der Waals surface area contributed by atoms with E-state index in [1.165, 1.54) is 45.2 Å². The number of fused-ring (bicyclic) bond motifs is 1. The van der Waals surface area contributed by atoms with Crippen LogP contribution in [0.25, 0.3) is 5.78 Å². The quantitative estimate of drug-likeness (QED) is 0.432. The number of benzene rings is 1. The average Bonchev–Trinajstić information content (AvgIpc) is 3.18. The summed E-state index contributed by atoms with van der Waals surface area (Å²) in [6.45, 7) is 3.68. The highest BCUT2D eigenvalue weighted by atomic mass is 32.2. The number of esters is 1. The summed E-state index contributed by atoms with van der Waals surface area (Å²) < 4.78 is 17.0. The Morgan fingerprint density at radius 3 is 2.39 bits per heavy atom. The number of thioether (sulfide) groups is 1. The summed E-state index contributed by atoms with van der Waals surface area (Å²) in [6.07, 6.45) is 1.91. The number of carbonyl (C=O) groups excluding carboxylic acids is 2. The Labute approximate surface area is 183 Å². The minimum atomic E-state index is -0.612. The molecule has 0 aliphatic carbocycles. The number of aromatic nitrogens is 4. The molecule has 1 aromatic carbocycles. The number of rotatable bonds is 7. The number of carbonyl (C=O) groups is 2. The van der Waals surface area contributed by atoms with E-state index in [1.54, 1.807) is 4.52 Å². The largest absolute Gasteiger partial charge is 0.493 e. The topological polar surface area (TPSA) is 117 Å². The molecule has 1 N–H and O–H groups in total. The van der Waals surface area contributed by atoms with Crippen molar-refractivity contribution in [3.63, 3.8) is 0 Å². The zero-order valence-corrected chi connectivity index (χ0v) is 18.9. The van der Waals surface area contributed by atoms with E-state index in [-0.39, 0.29) is 23.6 Å². The highest BCUT2D eigenvalue weighted by molar-refractivity contribution is 7.98. The van der Waals surface area contributed by atoms with Crippen LogP contribution in [0.3, 0.4) is 0 Å². The first-order valence-electron chi connectivity index (χ1n) is 9.23. The molecule has 0 bridgehead atoms. The Hall–Kier alpha value is -3.34. The zero-order chi connectivity index (χ0) is 22.7. The lowest BCUT2D eigenvalue weighted by Crippen LogP contribution is -2.20. The zero-order valence-electron chi connectivity index (χ0n) is 18.1. The van der Waals surface area contributed by atoms with Gasteiger partial charge in [0.2, 0.25) is 11.1 Å². The number of hydrogen-bond acceptors (Lipinski definition) is 9. The first-order chi connectivity index (χ1) is 14.8. The van der Waals surface area contributed by atoms with Gasteiger partial charge in [-0.3, -0.25) is 4.79 Å². The van der Waals surface area contributed by atoms with Gasteiger partial charge in [-0.05, 0) is 20.1 Å². The predicted molar refractivity (Wildman–Crippen MR) is 115 cm³/mol. The lowest BCUT2D eigenvalue weighted by atomic mass is 10.1. The van der Waals surface area contributed by atoms with Gasteiger partial charge in [0.1, 0.15) is 0 Å². The van der Waals surface area contributed by atoms with Crippen LogP contribution in [0.15, 0.2) is 17.3 Å². The summed E-state index contributed by atoms with van der Waals surface area (Å²) in [5.41, 5.74) is 2.58. The van der Waals surface area contributed by atoms with Gasteiger partial charge in [-0.1, -0.05) is 11.8 Å². The van der Waals surface area contributed by atoms with Crippen molar-refractivity contribution >= 4 is 35.1 Å². The molecule has 0 atom stereocenters. The van der Waals surface area contributed by atoms with E-state index in [1.807, 2.05) is 20.1 Å². The van der Waals surface area contributed by atoms with E-state index in [4.69, 9.17) is 14.2 Å². The van der Waals surface area contributed by atoms with E-state index in [0.717, 1.165) is 11.3 Å². The Balaban J connectivity index is 1.94. The predicted octanol–water partition coefficient (Wildman–Crippen LogP) is 2.45. The molecule has 0 fully saturated rings. The molecule has 11 heteroatoms. The molecule has 0 unspecified atom stereocenters. The lowest BCUT2D eigenvalue weighted by Gasteiger charge is -2.15. The molecule has 2 heterocycles. The van der Waals surface area contributed by atoms with Gasteiger partial charge in [-0.2, -0.15) is 4.98 Å². The second kappa shape index (κ2) is 9.21.